The number of nitrogen functional groups attached to an aromatic ring is 1. The number of nitrogens with one attached hydrogen (secondary N) is 1. The lowest BCUT2D eigenvalue weighted by molar-refractivity contribution is -0.145. The van der Waals surface area contributed by atoms with Crippen molar-refractivity contribution in [3.8, 4) is 5.69 Å². The van der Waals surface area contributed by atoms with Crippen molar-refractivity contribution in [3.05, 3.63) is 58.3 Å². The summed E-state index contributed by atoms with van der Waals surface area (Å²) < 4.78 is 7.31. The van der Waals surface area contributed by atoms with Crippen molar-refractivity contribution in [2.24, 2.45) is 4.99 Å². The van der Waals surface area contributed by atoms with Crippen LogP contribution in [0, 0.1) is 0 Å². The largest absolute Gasteiger partial charge is 0.398 e. The molecule has 2 saturated heterocycles. The molecule has 3 amide bonds. The summed E-state index contributed by atoms with van der Waals surface area (Å²) in [6.45, 7) is -0.0345. The number of aromatic nitrogens is 3. The SMILES string of the molecule is CN=Cc1cc(NC(=O)C(CC2CCCCO2)N2CC(=O)N(c3cc(Cl)ccc3-n3cc(Cl)nn3)CC2=O)ccc1N. The minimum Gasteiger partial charge on any atom is -0.398 e. The fourth-order valence-corrected chi connectivity index (χ4v) is 5.44. The second-order valence-corrected chi connectivity index (χ2v) is 10.9. The van der Waals surface area contributed by atoms with Crippen LogP contribution in [-0.2, 0) is 19.1 Å². The fraction of sp³-hybridized carbons (Fsp3) is 0.357. The minimum absolute atomic E-state index is 0.164. The number of piperazine rings is 1. The zero-order valence-corrected chi connectivity index (χ0v) is 24.4. The highest BCUT2D eigenvalue weighted by Crippen LogP contribution is 2.31. The number of hydrogen-bond acceptors (Lipinski definition) is 8. The van der Waals surface area contributed by atoms with E-state index in [1.54, 1.807) is 49.7 Å². The molecule has 0 saturated carbocycles. The van der Waals surface area contributed by atoms with Gasteiger partial charge >= 0.3 is 0 Å². The molecule has 0 bridgehead atoms. The van der Waals surface area contributed by atoms with Crippen LogP contribution in [0.25, 0.3) is 5.69 Å². The van der Waals surface area contributed by atoms with Gasteiger partial charge in [0.2, 0.25) is 17.7 Å². The van der Waals surface area contributed by atoms with Gasteiger partial charge in [0.15, 0.2) is 5.15 Å². The zero-order valence-electron chi connectivity index (χ0n) is 22.9. The normalized spacial score (nSPS) is 18.5. The first-order valence-corrected chi connectivity index (χ1v) is 14.2. The molecule has 14 heteroatoms. The van der Waals surface area contributed by atoms with Gasteiger partial charge in [-0.2, -0.15) is 0 Å². The number of hydrogen-bond donors (Lipinski definition) is 2. The van der Waals surface area contributed by atoms with E-state index in [9.17, 15) is 14.4 Å². The van der Waals surface area contributed by atoms with E-state index in [0.29, 0.717) is 39.9 Å². The van der Waals surface area contributed by atoms with Crippen LogP contribution in [0.5, 0.6) is 0 Å². The van der Waals surface area contributed by atoms with Gasteiger partial charge in [0.05, 0.1) is 23.7 Å². The number of rotatable bonds is 8. The molecule has 3 heterocycles. The second-order valence-electron chi connectivity index (χ2n) is 10.1. The van der Waals surface area contributed by atoms with Crippen molar-refractivity contribution < 1.29 is 19.1 Å². The van der Waals surface area contributed by atoms with Gasteiger partial charge in [-0.1, -0.05) is 28.4 Å². The van der Waals surface area contributed by atoms with Crippen LogP contribution in [0.2, 0.25) is 10.2 Å². The third-order valence-electron chi connectivity index (χ3n) is 7.22. The molecule has 3 aromatic rings. The van der Waals surface area contributed by atoms with Gasteiger partial charge < -0.3 is 20.7 Å². The van der Waals surface area contributed by atoms with E-state index in [0.717, 1.165) is 19.3 Å². The zero-order chi connectivity index (χ0) is 29.8. The Bertz CT molecular complexity index is 1520. The van der Waals surface area contributed by atoms with Crippen molar-refractivity contribution in [2.45, 2.75) is 37.8 Å². The summed E-state index contributed by atoms with van der Waals surface area (Å²) in [6, 6.07) is 8.98. The predicted octanol–water partition coefficient (Wildman–Crippen LogP) is 3.35. The smallest absolute Gasteiger partial charge is 0.247 e. The first kappa shape index (κ1) is 29.5. The number of anilines is 3. The van der Waals surface area contributed by atoms with Crippen LogP contribution >= 0.6 is 23.2 Å². The molecule has 2 unspecified atom stereocenters. The standard InChI is InChI=1S/C28H30Cl2N8O4/c1-32-13-17-10-19(6-7-21(17)31)33-28(41)24(12-20-4-2-3-9-42-20)37-16-26(39)36(15-27(37)40)23-11-18(29)5-8-22(23)38-14-25(30)34-35-38/h5-8,10-11,13-14,20,24H,2-4,9,12,15-16,31H2,1H3,(H,33,41). The molecule has 5 rings (SSSR count). The number of benzene rings is 2. The Labute approximate surface area is 252 Å². The quantitative estimate of drug-likeness (QED) is 0.293. The summed E-state index contributed by atoms with van der Waals surface area (Å²) in [5.74, 6) is -1.21. The second kappa shape index (κ2) is 12.9. The van der Waals surface area contributed by atoms with Gasteiger partial charge in [0.25, 0.3) is 0 Å². The number of carbonyl (C=O) groups is 3. The monoisotopic (exact) mass is 612 g/mol. The Balaban J connectivity index is 1.41. The van der Waals surface area contributed by atoms with Gasteiger partial charge in [-0.25, -0.2) is 4.68 Å². The molecule has 0 spiro atoms. The molecule has 12 nitrogen and oxygen atoms in total. The maximum Gasteiger partial charge on any atom is 0.247 e. The Kier molecular flexibility index (Phi) is 9.05. The lowest BCUT2D eigenvalue weighted by atomic mass is 9.99. The number of amides is 3. The molecule has 2 aliphatic heterocycles. The molecule has 2 aromatic carbocycles. The summed E-state index contributed by atoms with van der Waals surface area (Å²) in [4.78, 5) is 47.7. The number of aliphatic imine (C=N–C) groups is 1. The molecule has 42 heavy (non-hydrogen) atoms. The Hall–Kier alpha value is -4.00. The number of nitrogens with two attached hydrogens (primary N) is 1. The summed E-state index contributed by atoms with van der Waals surface area (Å²) in [6.07, 6.45) is 5.77. The van der Waals surface area contributed by atoms with Crippen molar-refractivity contribution in [3.63, 3.8) is 0 Å². The van der Waals surface area contributed by atoms with Crippen LogP contribution < -0.4 is 16.0 Å². The fourth-order valence-electron chi connectivity index (χ4n) is 5.15. The number of halogens is 2. The molecular formula is C28H30Cl2N8O4. The maximum absolute atomic E-state index is 13.7. The van der Waals surface area contributed by atoms with Crippen molar-refractivity contribution in [1.29, 1.82) is 0 Å². The van der Waals surface area contributed by atoms with Gasteiger partial charge in [0, 0.05) is 48.3 Å². The van der Waals surface area contributed by atoms with Crippen molar-refractivity contribution >= 4 is 64.2 Å². The number of ether oxygens (including phenoxy) is 1. The molecule has 2 fully saturated rings. The topological polar surface area (TPSA) is 148 Å². The molecule has 220 valence electrons. The molecule has 0 radical (unpaired) electrons. The van der Waals surface area contributed by atoms with Crippen molar-refractivity contribution in [2.75, 3.05) is 42.7 Å². The number of carbonyl (C=O) groups excluding carboxylic acids is 3. The summed E-state index contributed by atoms with van der Waals surface area (Å²) in [5.41, 5.74) is 8.50. The van der Waals surface area contributed by atoms with E-state index in [2.05, 4.69) is 20.6 Å². The van der Waals surface area contributed by atoms with Gasteiger partial charge in [-0.15, -0.1) is 5.10 Å². The van der Waals surface area contributed by atoms with Gasteiger partial charge in [0.1, 0.15) is 19.1 Å². The number of nitrogens with zero attached hydrogens (tertiary/aromatic N) is 6. The highest BCUT2D eigenvalue weighted by molar-refractivity contribution is 6.31. The molecule has 0 aliphatic carbocycles. The lowest BCUT2D eigenvalue weighted by Gasteiger charge is -2.39. The van der Waals surface area contributed by atoms with Crippen LogP contribution in [-0.4, -0.2) is 82.7 Å². The van der Waals surface area contributed by atoms with E-state index in [1.807, 2.05) is 0 Å². The highest BCUT2D eigenvalue weighted by Gasteiger charge is 2.40. The maximum atomic E-state index is 13.7. The molecule has 1 aromatic heterocycles. The Morgan fingerprint density at radius 1 is 1.17 bits per heavy atom. The molecule has 2 atom stereocenters. The third kappa shape index (κ3) is 6.56. The van der Waals surface area contributed by atoms with Crippen LogP contribution in [0.15, 0.2) is 47.6 Å². The van der Waals surface area contributed by atoms with E-state index >= 15 is 0 Å². The van der Waals surface area contributed by atoms with Crippen LogP contribution in [0.4, 0.5) is 17.1 Å². The van der Waals surface area contributed by atoms with E-state index in [1.165, 1.54) is 20.7 Å². The average Bonchev–Trinajstić information content (AvgIpc) is 3.41. The van der Waals surface area contributed by atoms with Gasteiger partial charge in [-0.3, -0.25) is 24.3 Å². The molecule has 2 aliphatic rings. The predicted molar refractivity (Wildman–Crippen MR) is 160 cm³/mol. The van der Waals surface area contributed by atoms with E-state index in [4.69, 9.17) is 33.7 Å². The average molecular weight is 614 g/mol. The summed E-state index contributed by atoms with van der Waals surface area (Å²) in [7, 11) is 1.63. The van der Waals surface area contributed by atoms with E-state index in [-0.39, 0.29) is 36.7 Å². The minimum atomic E-state index is -0.944. The Morgan fingerprint density at radius 2 is 2.00 bits per heavy atom. The van der Waals surface area contributed by atoms with E-state index < -0.39 is 17.9 Å². The van der Waals surface area contributed by atoms with Gasteiger partial charge in [-0.05, 0) is 55.7 Å². The molecular weight excluding hydrogens is 583 g/mol. The lowest BCUT2D eigenvalue weighted by Crippen LogP contribution is -2.60. The molecule has 3 N–H and O–H groups in total. The van der Waals surface area contributed by atoms with Crippen LogP contribution in [0.3, 0.4) is 0 Å². The summed E-state index contributed by atoms with van der Waals surface area (Å²) >= 11 is 12.2. The first-order valence-electron chi connectivity index (χ1n) is 13.4. The first-order chi connectivity index (χ1) is 20.2. The Morgan fingerprint density at radius 3 is 2.71 bits per heavy atom. The highest BCUT2D eigenvalue weighted by atomic mass is 35.5. The third-order valence-corrected chi connectivity index (χ3v) is 7.63. The summed E-state index contributed by atoms with van der Waals surface area (Å²) in [5, 5.41) is 11.2. The van der Waals surface area contributed by atoms with Crippen LogP contribution in [0.1, 0.15) is 31.2 Å². The van der Waals surface area contributed by atoms with Crippen molar-refractivity contribution in [1.82, 2.24) is 19.9 Å².